The fraction of sp³-hybridized carbons (Fsp3) is 0.611. The summed E-state index contributed by atoms with van der Waals surface area (Å²) in [4.78, 5) is 22.6. The highest BCUT2D eigenvalue weighted by molar-refractivity contribution is 9.09. The minimum absolute atomic E-state index is 0.0492. The summed E-state index contributed by atoms with van der Waals surface area (Å²) in [5, 5.41) is 14.8. The molecule has 0 spiro atoms. The SMILES string of the molecule is Cc1cccc([N+](=O)[O-])c1NC(=O)CCCCCCCCCCBr. The third kappa shape index (κ3) is 7.90. The summed E-state index contributed by atoms with van der Waals surface area (Å²) in [7, 11) is 0. The van der Waals surface area contributed by atoms with Crippen molar-refractivity contribution in [2.45, 2.75) is 64.7 Å². The van der Waals surface area contributed by atoms with Crippen molar-refractivity contribution in [1.82, 2.24) is 0 Å². The van der Waals surface area contributed by atoms with Crippen LogP contribution in [-0.2, 0) is 4.79 Å². The number of anilines is 1. The number of rotatable bonds is 12. The average Bonchev–Trinajstić information content (AvgIpc) is 2.55. The molecule has 0 aliphatic heterocycles. The van der Waals surface area contributed by atoms with E-state index in [1.165, 1.54) is 38.2 Å². The van der Waals surface area contributed by atoms with Crippen LogP contribution in [0.3, 0.4) is 0 Å². The lowest BCUT2D eigenvalue weighted by atomic mass is 10.1. The van der Waals surface area contributed by atoms with Crippen molar-refractivity contribution < 1.29 is 9.72 Å². The zero-order valence-electron chi connectivity index (χ0n) is 14.4. The van der Waals surface area contributed by atoms with Gasteiger partial charge < -0.3 is 5.32 Å². The number of alkyl halides is 1. The van der Waals surface area contributed by atoms with E-state index in [4.69, 9.17) is 0 Å². The molecule has 24 heavy (non-hydrogen) atoms. The Bertz CT molecular complexity index is 535. The Morgan fingerprint density at radius 1 is 1.08 bits per heavy atom. The lowest BCUT2D eigenvalue weighted by Gasteiger charge is -2.09. The van der Waals surface area contributed by atoms with E-state index >= 15 is 0 Å². The van der Waals surface area contributed by atoms with Gasteiger partial charge in [-0.2, -0.15) is 0 Å². The van der Waals surface area contributed by atoms with E-state index in [0.717, 1.165) is 24.6 Å². The second-order valence-electron chi connectivity index (χ2n) is 6.04. The monoisotopic (exact) mass is 398 g/mol. The van der Waals surface area contributed by atoms with Crippen molar-refractivity contribution in [2.24, 2.45) is 0 Å². The van der Waals surface area contributed by atoms with Crippen LogP contribution in [0.5, 0.6) is 0 Å². The standard InChI is InChI=1S/C18H27BrN2O3/c1-15-11-10-12-16(21(23)24)18(15)20-17(22)13-8-6-4-2-3-5-7-9-14-19/h10-12H,2-9,13-14H2,1H3,(H,20,22). The topological polar surface area (TPSA) is 72.2 Å². The van der Waals surface area contributed by atoms with E-state index < -0.39 is 4.92 Å². The minimum Gasteiger partial charge on any atom is -0.320 e. The molecule has 0 radical (unpaired) electrons. The van der Waals surface area contributed by atoms with E-state index in [0.29, 0.717) is 17.7 Å². The Morgan fingerprint density at radius 2 is 1.67 bits per heavy atom. The lowest BCUT2D eigenvalue weighted by molar-refractivity contribution is -0.384. The highest BCUT2D eigenvalue weighted by atomic mass is 79.9. The first-order valence-electron chi connectivity index (χ1n) is 8.66. The summed E-state index contributed by atoms with van der Waals surface area (Å²) in [5.41, 5.74) is 0.979. The van der Waals surface area contributed by atoms with E-state index in [9.17, 15) is 14.9 Å². The number of carbonyl (C=O) groups is 1. The fourth-order valence-corrected chi connectivity index (χ4v) is 3.01. The third-order valence-corrected chi connectivity index (χ3v) is 4.56. The van der Waals surface area contributed by atoms with E-state index in [1.54, 1.807) is 19.1 Å². The maximum Gasteiger partial charge on any atom is 0.293 e. The number of nitrogens with zero attached hydrogens (tertiary/aromatic N) is 1. The highest BCUT2D eigenvalue weighted by Gasteiger charge is 2.17. The van der Waals surface area contributed by atoms with Gasteiger partial charge in [-0.05, 0) is 25.3 Å². The summed E-state index contributed by atoms with van der Waals surface area (Å²) in [6.07, 6.45) is 9.69. The molecule has 0 aliphatic rings. The first kappa shape index (κ1) is 20.6. The number of amides is 1. The molecule has 5 nitrogen and oxygen atoms in total. The van der Waals surface area contributed by atoms with Gasteiger partial charge in [0, 0.05) is 17.8 Å². The Morgan fingerprint density at radius 3 is 2.25 bits per heavy atom. The normalized spacial score (nSPS) is 10.6. The van der Waals surface area contributed by atoms with Crippen LogP contribution in [0.1, 0.15) is 63.4 Å². The smallest absolute Gasteiger partial charge is 0.293 e. The third-order valence-electron chi connectivity index (χ3n) is 4.00. The van der Waals surface area contributed by atoms with Gasteiger partial charge in [-0.3, -0.25) is 14.9 Å². The van der Waals surface area contributed by atoms with Crippen LogP contribution in [0.25, 0.3) is 0 Å². The maximum absolute atomic E-state index is 12.0. The molecule has 1 aromatic rings. The minimum atomic E-state index is -0.460. The van der Waals surface area contributed by atoms with Gasteiger partial charge in [0.2, 0.25) is 5.91 Å². The molecule has 0 heterocycles. The maximum atomic E-state index is 12.0. The Balaban J connectivity index is 2.25. The average molecular weight is 399 g/mol. The number of hydrogen-bond acceptors (Lipinski definition) is 3. The Kier molecular flexibility index (Phi) is 10.3. The number of nitro groups is 1. The van der Waals surface area contributed by atoms with Crippen LogP contribution in [0, 0.1) is 17.0 Å². The molecule has 1 amide bonds. The number of hydrogen-bond donors (Lipinski definition) is 1. The van der Waals surface area contributed by atoms with E-state index in [-0.39, 0.29) is 11.6 Å². The molecule has 0 atom stereocenters. The second kappa shape index (κ2) is 12.0. The van der Waals surface area contributed by atoms with Gasteiger partial charge in [0.15, 0.2) is 0 Å². The number of nitrogens with one attached hydrogen (secondary N) is 1. The molecular formula is C18H27BrN2O3. The predicted molar refractivity (Wildman–Crippen MR) is 102 cm³/mol. The number of carbonyl (C=O) groups excluding carboxylic acids is 1. The van der Waals surface area contributed by atoms with Crippen molar-refractivity contribution >= 4 is 33.2 Å². The van der Waals surface area contributed by atoms with Gasteiger partial charge in [0.1, 0.15) is 5.69 Å². The molecule has 0 bridgehead atoms. The number of halogens is 1. The number of aryl methyl sites for hydroxylation is 1. The summed E-state index contributed by atoms with van der Waals surface area (Å²) >= 11 is 3.43. The molecule has 1 aromatic carbocycles. The predicted octanol–water partition coefficient (Wildman–Crippen LogP) is 5.75. The molecule has 134 valence electrons. The van der Waals surface area contributed by atoms with Gasteiger partial charge in [0.25, 0.3) is 5.69 Å². The molecule has 0 saturated carbocycles. The number of unbranched alkanes of at least 4 members (excludes halogenated alkanes) is 7. The first-order chi connectivity index (χ1) is 11.6. The van der Waals surface area contributed by atoms with Crippen LogP contribution in [-0.4, -0.2) is 16.2 Å². The van der Waals surface area contributed by atoms with Crippen molar-refractivity contribution in [1.29, 1.82) is 0 Å². The Hall–Kier alpha value is -1.43. The van der Waals surface area contributed by atoms with Gasteiger partial charge in [-0.1, -0.05) is 66.6 Å². The van der Waals surface area contributed by atoms with Gasteiger partial charge in [-0.15, -0.1) is 0 Å². The lowest BCUT2D eigenvalue weighted by Crippen LogP contribution is -2.13. The molecule has 0 saturated heterocycles. The molecular weight excluding hydrogens is 372 g/mol. The van der Waals surface area contributed by atoms with Crippen LogP contribution < -0.4 is 5.32 Å². The summed E-state index contributed by atoms with van der Waals surface area (Å²) in [6.45, 7) is 1.76. The zero-order valence-corrected chi connectivity index (χ0v) is 15.9. The quantitative estimate of drug-likeness (QED) is 0.211. The van der Waals surface area contributed by atoms with Crippen molar-refractivity contribution in [2.75, 3.05) is 10.6 Å². The molecule has 0 unspecified atom stereocenters. The first-order valence-corrected chi connectivity index (χ1v) is 9.78. The van der Waals surface area contributed by atoms with Crippen molar-refractivity contribution in [3.63, 3.8) is 0 Å². The number of benzene rings is 1. The van der Waals surface area contributed by atoms with Gasteiger partial charge >= 0.3 is 0 Å². The molecule has 1 rings (SSSR count). The molecule has 1 N–H and O–H groups in total. The van der Waals surface area contributed by atoms with Crippen LogP contribution in [0.4, 0.5) is 11.4 Å². The van der Waals surface area contributed by atoms with Gasteiger partial charge in [-0.25, -0.2) is 0 Å². The summed E-state index contributed by atoms with van der Waals surface area (Å²) < 4.78 is 0. The fourth-order valence-electron chi connectivity index (χ4n) is 2.61. The second-order valence-corrected chi connectivity index (χ2v) is 6.83. The van der Waals surface area contributed by atoms with Gasteiger partial charge in [0.05, 0.1) is 4.92 Å². The molecule has 0 aromatic heterocycles. The Labute approximate surface area is 152 Å². The molecule has 6 heteroatoms. The highest BCUT2D eigenvalue weighted by Crippen LogP contribution is 2.27. The van der Waals surface area contributed by atoms with E-state index in [2.05, 4.69) is 21.2 Å². The van der Waals surface area contributed by atoms with Crippen molar-refractivity contribution in [3.8, 4) is 0 Å². The zero-order chi connectivity index (χ0) is 17.8. The largest absolute Gasteiger partial charge is 0.320 e. The summed E-state index contributed by atoms with van der Waals surface area (Å²) in [6, 6.07) is 4.80. The summed E-state index contributed by atoms with van der Waals surface area (Å²) in [5.74, 6) is -0.148. The van der Waals surface area contributed by atoms with Crippen molar-refractivity contribution in [3.05, 3.63) is 33.9 Å². The molecule has 0 aliphatic carbocycles. The van der Waals surface area contributed by atoms with Crippen LogP contribution in [0.2, 0.25) is 0 Å². The molecule has 0 fully saturated rings. The number of para-hydroxylation sites is 1. The van der Waals surface area contributed by atoms with Crippen LogP contribution >= 0.6 is 15.9 Å². The number of nitro benzene ring substituents is 1. The van der Waals surface area contributed by atoms with Crippen LogP contribution in [0.15, 0.2) is 18.2 Å². The van der Waals surface area contributed by atoms with E-state index in [1.807, 2.05) is 0 Å².